The summed E-state index contributed by atoms with van der Waals surface area (Å²) >= 11 is 0. The molecular formula is C16H29N3. The van der Waals surface area contributed by atoms with Crippen LogP contribution >= 0.6 is 0 Å². The highest BCUT2D eigenvalue weighted by molar-refractivity contribution is 5.46. The molecule has 0 aromatic heterocycles. The van der Waals surface area contributed by atoms with Crippen molar-refractivity contribution in [3.63, 3.8) is 0 Å². The fraction of sp³-hybridized carbons (Fsp3) is 0.625. The lowest BCUT2D eigenvalue weighted by atomic mass is 10.0. The zero-order chi connectivity index (χ0) is 14.4. The number of hydrogen-bond donors (Lipinski definition) is 1. The number of anilines is 1. The summed E-state index contributed by atoms with van der Waals surface area (Å²) in [5, 5.41) is 0. The van der Waals surface area contributed by atoms with Gasteiger partial charge in [-0.25, -0.2) is 0 Å². The van der Waals surface area contributed by atoms with E-state index in [1.807, 2.05) is 0 Å². The summed E-state index contributed by atoms with van der Waals surface area (Å²) in [6, 6.07) is 9.64. The standard InChI is InChI=1S/C16H29N3/c1-6-14(7-2)19(5)16(12-17)13-8-10-15(11-9-13)18(3)4/h8-11,14,16H,6-7,12,17H2,1-5H3. The van der Waals surface area contributed by atoms with E-state index < -0.39 is 0 Å². The molecule has 19 heavy (non-hydrogen) atoms. The maximum atomic E-state index is 6.00. The monoisotopic (exact) mass is 263 g/mol. The average molecular weight is 263 g/mol. The summed E-state index contributed by atoms with van der Waals surface area (Å²) in [4.78, 5) is 4.54. The smallest absolute Gasteiger partial charge is 0.0470 e. The van der Waals surface area contributed by atoms with Gasteiger partial charge in [0.15, 0.2) is 0 Å². The number of likely N-dealkylation sites (N-methyl/N-ethyl adjacent to an activating group) is 1. The van der Waals surface area contributed by atoms with Crippen LogP contribution in [0, 0.1) is 0 Å². The third kappa shape index (κ3) is 3.95. The van der Waals surface area contributed by atoms with Crippen LogP contribution in [-0.2, 0) is 0 Å². The van der Waals surface area contributed by atoms with E-state index in [0.29, 0.717) is 18.6 Å². The van der Waals surface area contributed by atoms with Crippen molar-refractivity contribution >= 4 is 5.69 Å². The third-order valence-electron chi connectivity index (χ3n) is 4.03. The predicted octanol–water partition coefficient (Wildman–Crippen LogP) is 2.87. The molecule has 1 unspecified atom stereocenters. The van der Waals surface area contributed by atoms with Gasteiger partial charge >= 0.3 is 0 Å². The van der Waals surface area contributed by atoms with Gasteiger partial charge in [0.25, 0.3) is 0 Å². The van der Waals surface area contributed by atoms with Gasteiger partial charge in [0, 0.05) is 38.4 Å². The Labute approximate surface area is 118 Å². The molecule has 3 heteroatoms. The summed E-state index contributed by atoms with van der Waals surface area (Å²) in [6.45, 7) is 5.15. The Morgan fingerprint density at radius 3 is 1.89 bits per heavy atom. The minimum absolute atomic E-state index is 0.307. The molecule has 0 spiro atoms. The Balaban J connectivity index is 2.90. The van der Waals surface area contributed by atoms with E-state index in [0.717, 1.165) is 0 Å². The fourth-order valence-corrected chi connectivity index (χ4v) is 2.65. The lowest BCUT2D eigenvalue weighted by Gasteiger charge is -2.34. The first-order chi connectivity index (χ1) is 9.04. The first kappa shape index (κ1) is 16.0. The van der Waals surface area contributed by atoms with Crippen LogP contribution in [0.4, 0.5) is 5.69 Å². The van der Waals surface area contributed by atoms with Crippen LogP contribution in [0.1, 0.15) is 38.3 Å². The third-order valence-corrected chi connectivity index (χ3v) is 4.03. The van der Waals surface area contributed by atoms with Crippen LogP contribution in [-0.4, -0.2) is 38.6 Å². The Morgan fingerprint density at radius 2 is 1.53 bits per heavy atom. The lowest BCUT2D eigenvalue weighted by Crippen LogP contribution is -2.38. The van der Waals surface area contributed by atoms with Crippen molar-refractivity contribution in [3.8, 4) is 0 Å². The van der Waals surface area contributed by atoms with Gasteiger partial charge in [0.1, 0.15) is 0 Å². The van der Waals surface area contributed by atoms with Gasteiger partial charge in [-0.2, -0.15) is 0 Å². The lowest BCUT2D eigenvalue weighted by molar-refractivity contribution is 0.168. The fourth-order valence-electron chi connectivity index (χ4n) is 2.65. The van der Waals surface area contributed by atoms with Gasteiger partial charge < -0.3 is 10.6 Å². The molecule has 0 aliphatic heterocycles. The van der Waals surface area contributed by atoms with Crippen molar-refractivity contribution < 1.29 is 0 Å². The van der Waals surface area contributed by atoms with Crippen LogP contribution in [0.5, 0.6) is 0 Å². The number of nitrogens with zero attached hydrogens (tertiary/aromatic N) is 2. The van der Waals surface area contributed by atoms with E-state index in [-0.39, 0.29) is 0 Å². The molecule has 2 N–H and O–H groups in total. The summed E-state index contributed by atoms with van der Waals surface area (Å²) in [7, 11) is 6.31. The van der Waals surface area contributed by atoms with Crippen LogP contribution in [0.25, 0.3) is 0 Å². The van der Waals surface area contributed by atoms with Gasteiger partial charge in [0.05, 0.1) is 0 Å². The quantitative estimate of drug-likeness (QED) is 0.821. The SMILES string of the molecule is CCC(CC)N(C)C(CN)c1ccc(N(C)C)cc1. The minimum atomic E-state index is 0.307. The molecular weight excluding hydrogens is 234 g/mol. The minimum Gasteiger partial charge on any atom is -0.378 e. The van der Waals surface area contributed by atoms with Gasteiger partial charge in [0.2, 0.25) is 0 Å². The molecule has 1 aromatic carbocycles. The van der Waals surface area contributed by atoms with Crippen molar-refractivity contribution in [3.05, 3.63) is 29.8 Å². The van der Waals surface area contributed by atoms with E-state index in [2.05, 4.69) is 69.1 Å². The summed E-state index contributed by atoms with van der Waals surface area (Å²) in [5.74, 6) is 0. The molecule has 0 saturated heterocycles. The highest BCUT2D eigenvalue weighted by atomic mass is 15.2. The van der Waals surface area contributed by atoms with E-state index in [9.17, 15) is 0 Å². The van der Waals surface area contributed by atoms with Gasteiger partial charge in [-0.15, -0.1) is 0 Å². The normalized spacial score (nSPS) is 13.1. The van der Waals surface area contributed by atoms with Crippen LogP contribution in [0.2, 0.25) is 0 Å². The van der Waals surface area contributed by atoms with Gasteiger partial charge in [-0.1, -0.05) is 26.0 Å². The number of rotatable bonds is 7. The molecule has 108 valence electrons. The molecule has 3 nitrogen and oxygen atoms in total. The summed E-state index contributed by atoms with van der Waals surface area (Å²) < 4.78 is 0. The number of nitrogens with two attached hydrogens (primary N) is 1. The first-order valence-electron chi connectivity index (χ1n) is 7.24. The molecule has 0 aliphatic rings. The average Bonchev–Trinajstić information content (AvgIpc) is 2.41. The Bertz CT molecular complexity index is 355. The molecule has 0 amide bonds. The van der Waals surface area contributed by atoms with E-state index in [1.165, 1.54) is 24.1 Å². The van der Waals surface area contributed by atoms with Crippen LogP contribution < -0.4 is 10.6 Å². The Kier molecular flexibility index (Phi) is 6.32. The van der Waals surface area contributed by atoms with E-state index in [1.54, 1.807) is 0 Å². The molecule has 1 rings (SSSR count). The van der Waals surface area contributed by atoms with Crippen molar-refractivity contribution in [1.29, 1.82) is 0 Å². The van der Waals surface area contributed by atoms with Crippen molar-refractivity contribution in [1.82, 2.24) is 4.90 Å². The van der Waals surface area contributed by atoms with Gasteiger partial charge in [-0.3, -0.25) is 4.90 Å². The molecule has 1 aromatic rings. The summed E-state index contributed by atoms with van der Waals surface area (Å²) in [6.07, 6.45) is 2.33. The predicted molar refractivity (Wildman–Crippen MR) is 84.7 cm³/mol. The maximum Gasteiger partial charge on any atom is 0.0470 e. The molecule has 0 saturated carbocycles. The topological polar surface area (TPSA) is 32.5 Å². The second-order valence-corrected chi connectivity index (χ2v) is 5.37. The Hall–Kier alpha value is -1.06. The molecule has 1 atom stereocenters. The second-order valence-electron chi connectivity index (χ2n) is 5.37. The van der Waals surface area contributed by atoms with E-state index >= 15 is 0 Å². The molecule has 0 heterocycles. The highest BCUT2D eigenvalue weighted by Crippen LogP contribution is 2.24. The van der Waals surface area contributed by atoms with E-state index in [4.69, 9.17) is 5.73 Å². The van der Waals surface area contributed by atoms with Crippen molar-refractivity contribution in [2.45, 2.75) is 38.8 Å². The van der Waals surface area contributed by atoms with Crippen LogP contribution in [0.15, 0.2) is 24.3 Å². The molecule has 0 aliphatic carbocycles. The highest BCUT2D eigenvalue weighted by Gasteiger charge is 2.20. The number of benzene rings is 1. The Morgan fingerprint density at radius 1 is 1.00 bits per heavy atom. The molecule has 0 radical (unpaired) electrons. The molecule has 0 fully saturated rings. The molecule has 0 bridgehead atoms. The second kappa shape index (κ2) is 7.51. The van der Waals surface area contributed by atoms with Crippen molar-refractivity contribution in [2.24, 2.45) is 5.73 Å². The van der Waals surface area contributed by atoms with Crippen molar-refractivity contribution in [2.75, 3.05) is 32.6 Å². The number of hydrogen-bond acceptors (Lipinski definition) is 3. The van der Waals surface area contributed by atoms with Gasteiger partial charge in [-0.05, 0) is 37.6 Å². The zero-order valence-corrected chi connectivity index (χ0v) is 13.1. The zero-order valence-electron chi connectivity index (χ0n) is 13.1. The largest absolute Gasteiger partial charge is 0.378 e. The maximum absolute atomic E-state index is 6.00. The van der Waals surface area contributed by atoms with Crippen LogP contribution in [0.3, 0.4) is 0 Å². The summed E-state index contributed by atoms with van der Waals surface area (Å²) in [5.41, 5.74) is 8.53. The first-order valence-corrected chi connectivity index (χ1v) is 7.24.